The minimum absolute atomic E-state index is 0.0721. The highest BCUT2D eigenvalue weighted by Crippen LogP contribution is 2.31. The Balaban J connectivity index is 2.56. The largest absolute Gasteiger partial charge is 0.534 e. The van der Waals surface area contributed by atoms with Crippen molar-refractivity contribution in [3.63, 3.8) is 0 Å². The number of nitrogens with zero attached hydrogens (tertiary/aromatic N) is 1. The Kier molecular flexibility index (Phi) is 3.31. The van der Waals surface area contributed by atoms with E-state index in [1.54, 1.807) is 0 Å². The Morgan fingerprint density at radius 3 is 2.53 bits per heavy atom. The van der Waals surface area contributed by atoms with E-state index in [4.69, 9.17) is 11.6 Å². The number of benzene rings is 1. The Bertz CT molecular complexity index is 730. The molecular formula is C10H5ClF3NO3S. The molecule has 9 heteroatoms. The van der Waals surface area contributed by atoms with E-state index in [1.165, 1.54) is 18.2 Å². The minimum atomic E-state index is -5.73. The van der Waals surface area contributed by atoms with Crippen LogP contribution in [0.1, 0.15) is 0 Å². The van der Waals surface area contributed by atoms with E-state index in [0.717, 1.165) is 12.3 Å². The maximum Gasteiger partial charge on any atom is 0.534 e. The fraction of sp³-hybridized carbons (Fsp3) is 0.100. The average molecular weight is 312 g/mol. The number of halogens is 4. The van der Waals surface area contributed by atoms with Crippen LogP contribution in [-0.4, -0.2) is 18.9 Å². The van der Waals surface area contributed by atoms with Crippen LogP contribution in [0.5, 0.6) is 5.75 Å². The zero-order valence-corrected chi connectivity index (χ0v) is 10.6. The molecule has 1 heterocycles. The topological polar surface area (TPSA) is 56.3 Å². The molecule has 1 aromatic carbocycles. The summed E-state index contributed by atoms with van der Waals surface area (Å²) < 4.78 is 62.7. The van der Waals surface area contributed by atoms with Gasteiger partial charge in [0.2, 0.25) is 0 Å². The van der Waals surface area contributed by atoms with Crippen molar-refractivity contribution in [2.75, 3.05) is 0 Å². The Morgan fingerprint density at radius 1 is 1.21 bits per heavy atom. The third kappa shape index (κ3) is 2.74. The van der Waals surface area contributed by atoms with Crippen LogP contribution in [0.4, 0.5) is 13.2 Å². The van der Waals surface area contributed by atoms with E-state index in [1.807, 2.05) is 0 Å². The highest BCUT2D eigenvalue weighted by Gasteiger charge is 2.48. The number of aromatic nitrogens is 1. The molecule has 0 radical (unpaired) electrons. The third-order valence-corrected chi connectivity index (χ3v) is 3.35. The van der Waals surface area contributed by atoms with Crippen molar-refractivity contribution in [3.8, 4) is 5.75 Å². The summed E-state index contributed by atoms with van der Waals surface area (Å²) in [6.45, 7) is 0. The molecule has 102 valence electrons. The van der Waals surface area contributed by atoms with E-state index < -0.39 is 21.4 Å². The van der Waals surface area contributed by atoms with E-state index in [9.17, 15) is 21.6 Å². The lowest BCUT2D eigenvalue weighted by atomic mass is 10.2. The molecule has 19 heavy (non-hydrogen) atoms. The van der Waals surface area contributed by atoms with Crippen molar-refractivity contribution in [1.82, 2.24) is 4.98 Å². The van der Waals surface area contributed by atoms with Crippen LogP contribution in [0.3, 0.4) is 0 Å². The van der Waals surface area contributed by atoms with Crippen molar-refractivity contribution in [1.29, 1.82) is 0 Å². The van der Waals surface area contributed by atoms with Gasteiger partial charge in [-0.3, -0.25) is 4.98 Å². The van der Waals surface area contributed by atoms with Gasteiger partial charge in [0.15, 0.2) is 5.75 Å². The molecule has 0 unspecified atom stereocenters. The SMILES string of the molecule is O=S(=O)(Oc1ccnc2ccc(Cl)cc12)C(F)(F)F. The van der Waals surface area contributed by atoms with Crippen LogP contribution >= 0.6 is 11.6 Å². The van der Waals surface area contributed by atoms with E-state index in [-0.39, 0.29) is 15.9 Å². The summed E-state index contributed by atoms with van der Waals surface area (Å²) >= 11 is 5.70. The second-order valence-corrected chi connectivity index (χ2v) is 5.43. The fourth-order valence-electron chi connectivity index (χ4n) is 1.33. The van der Waals surface area contributed by atoms with Gasteiger partial charge in [0, 0.05) is 22.7 Å². The monoisotopic (exact) mass is 311 g/mol. The van der Waals surface area contributed by atoms with Crippen molar-refractivity contribution in [2.24, 2.45) is 0 Å². The van der Waals surface area contributed by atoms with Gasteiger partial charge in [-0.15, -0.1) is 0 Å². The second kappa shape index (κ2) is 4.53. The summed E-state index contributed by atoms with van der Waals surface area (Å²) in [6, 6.07) is 5.19. The Hall–Kier alpha value is -1.54. The Morgan fingerprint density at radius 2 is 1.89 bits per heavy atom. The molecule has 4 nitrogen and oxygen atoms in total. The number of pyridine rings is 1. The van der Waals surface area contributed by atoms with Gasteiger partial charge < -0.3 is 4.18 Å². The van der Waals surface area contributed by atoms with Crippen LogP contribution in [0, 0.1) is 0 Å². The minimum Gasteiger partial charge on any atom is -0.375 e. The standard InChI is InChI=1S/C10H5ClF3NO3S/c11-6-1-2-8-7(5-6)9(3-4-15-8)18-19(16,17)10(12,13)14/h1-5H. The molecule has 0 spiro atoms. The van der Waals surface area contributed by atoms with E-state index >= 15 is 0 Å². The quantitative estimate of drug-likeness (QED) is 0.631. The lowest BCUT2D eigenvalue weighted by Crippen LogP contribution is -2.28. The lowest BCUT2D eigenvalue weighted by molar-refractivity contribution is -0.0499. The lowest BCUT2D eigenvalue weighted by Gasteiger charge is -2.11. The number of alkyl halides is 3. The Labute approximate surface area is 110 Å². The first-order valence-electron chi connectivity index (χ1n) is 4.76. The van der Waals surface area contributed by atoms with Gasteiger partial charge in [-0.25, -0.2) is 0 Å². The molecule has 0 atom stereocenters. The second-order valence-electron chi connectivity index (χ2n) is 3.45. The number of hydrogen-bond acceptors (Lipinski definition) is 4. The molecule has 2 aromatic rings. The smallest absolute Gasteiger partial charge is 0.375 e. The molecule has 2 rings (SSSR count). The molecule has 0 aliphatic carbocycles. The third-order valence-electron chi connectivity index (χ3n) is 2.15. The summed E-state index contributed by atoms with van der Waals surface area (Å²) in [4.78, 5) is 3.86. The van der Waals surface area contributed by atoms with Crippen LogP contribution in [0.2, 0.25) is 5.02 Å². The maximum atomic E-state index is 12.2. The number of rotatable bonds is 2. The van der Waals surface area contributed by atoms with Crippen molar-refractivity contribution >= 4 is 32.6 Å². The fourth-order valence-corrected chi connectivity index (χ4v) is 1.98. The molecule has 0 aliphatic rings. The number of hydrogen-bond donors (Lipinski definition) is 0. The molecule has 0 N–H and O–H groups in total. The molecule has 0 amide bonds. The first-order chi connectivity index (χ1) is 8.71. The van der Waals surface area contributed by atoms with E-state index in [0.29, 0.717) is 0 Å². The summed E-state index contributed by atoms with van der Waals surface area (Å²) in [6.07, 6.45) is 1.14. The molecule has 0 saturated heterocycles. The van der Waals surface area contributed by atoms with Crippen LogP contribution in [0.25, 0.3) is 10.9 Å². The molecule has 0 aliphatic heterocycles. The highest BCUT2D eigenvalue weighted by atomic mass is 35.5. The van der Waals surface area contributed by atoms with Gasteiger partial charge in [0.25, 0.3) is 0 Å². The van der Waals surface area contributed by atoms with Crippen LogP contribution < -0.4 is 4.18 Å². The number of fused-ring (bicyclic) bond motifs is 1. The zero-order chi connectivity index (χ0) is 14.3. The average Bonchev–Trinajstić information content (AvgIpc) is 2.28. The highest BCUT2D eigenvalue weighted by molar-refractivity contribution is 7.88. The van der Waals surface area contributed by atoms with Crippen LogP contribution in [-0.2, 0) is 10.1 Å². The predicted molar refractivity (Wildman–Crippen MR) is 62.4 cm³/mol. The zero-order valence-electron chi connectivity index (χ0n) is 8.98. The van der Waals surface area contributed by atoms with Gasteiger partial charge in [-0.05, 0) is 18.2 Å². The summed E-state index contributed by atoms with van der Waals surface area (Å²) in [5.41, 5.74) is -5.24. The van der Waals surface area contributed by atoms with Gasteiger partial charge >= 0.3 is 15.6 Å². The normalized spacial score (nSPS) is 12.6. The first-order valence-corrected chi connectivity index (χ1v) is 6.54. The molecule has 0 fully saturated rings. The van der Waals surface area contributed by atoms with Gasteiger partial charge in [-0.2, -0.15) is 21.6 Å². The predicted octanol–water partition coefficient (Wildman–Crippen LogP) is 3.12. The summed E-state index contributed by atoms with van der Waals surface area (Å²) in [5, 5.41) is 0.289. The van der Waals surface area contributed by atoms with Crippen molar-refractivity contribution in [2.45, 2.75) is 5.51 Å². The first kappa shape index (κ1) is 13.9. The van der Waals surface area contributed by atoms with Crippen molar-refractivity contribution < 1.29 is 25.8 Å². The molecule has 0 saturated carbocycles. The van der Waals surface area contributed by atoms with Gasteiger partial charge in [-0.1, -0.05) is 11.6 Å². The van der Waals surface area contributed by atoms with Crippen LogP contribution in [0.15, 0.2) is 30.5 Å². The summed E-state index contributed by atoms with van der Waals surface area (Å²) in [7, 11) is -5.73. The van der Waals surface area contributed by atoms with Gasteiger partial charge in [0.1, 0.15) is 0 Å². The maximum absolute atomic E-state index is 12.2. The van der Waals surface area contributed by atoms with E-state index in [2.05, 4.69) is 9.17 Å². The molecular weight excluding hydrogens is 307 g/mol. The summed E-state index contributed by atoms with van der Waals surface area (Å²) in [5.74, 6) is -0.482. The molecule has 0 bridgehead atoms. The van der Waals surface area contributed by atoms with Crippen molar-refractivity contribution in [3.05, 3.63) is 35.5 Å². The molecule has 1 aromatic heterocycles. The van der Waals surface area contributed by atoms with Gasteiger partial charge in [0.05, 0.1) is 5.52 Å².